The molecule has 2 heterocycles. The summed E-state index contributed by atoms with van der Waals surface area (Å²) in [6.07, 6.45) is 2.45. The molecule has 0 bridgehead atoms. The molecule has 0 aliphatic heterocycles. The molecule has 0 aliphatic rings. The van der Waals surface area contributed by atoms with E-state index < -0.39 is 17.6 Å². The lowest BCUT2D eigenvalue weighted by molar-refractivity contribution is 0.0685. The number of ether oxygens (including phenoxy) is 1. The van der Waals surface area contributed by atoms with Gasteiger partial charge in [0.1, 0.15) is 5.75 Å². The molecule has 0 unspecified atom stereocenters. The van der Waals surface area contributed by atoms with Gasteiger partial charge in [-0.2, -0.15) is 5.10 Å². The topological polar surface area (TPSA) is 130 Å². The predicted molar refractivity (Wildman–Crippen MR) is 87.5 cm³/mol. The molecule has 3 rings (SSSR count). The van der Waals surface area contributed by atoms with Crippen LogP contribution < -0.4 is 10.1 Å². The Labute approximate surface area is 141 Å². The van der Waals surface area contributed by atoms with Crippen LogP contribution in [-0.4, -0.2) is 44.3 Å². The number of benzene rings is 1. The van der Waals surface area contributed by atoms with E-state index in [1.165, 1.54) is 12.4 Å². The van der Waals surface area contributed by atoms with Gasteiger partial charge >= 0.3 is 5.97 Å². The maximum absolute atomic E-state index is 12.2. The molecule has 3 aromatic rings. The number of carboxylic acid groups (broad SMARTS) is 1. The Morgan fingerprint density at radius 2 is 1.92 bits per heavy atom. The van der Waals surface area contributed by atoms with Crippen LogP contribution in [0.3, 0.4) is 0 Å². The number of amides is 1. The van der Waals surface area contributed by atoms with E-state index in [-0.39, 0.29) is 11.5 Å². The smallest absolute Gasteiger partial charge is 0.356 e. The Morgan fingerprint density at radius 3 is 2.64 bits per heavy atom. The van der Waals surface area contributed by atoms with Crippen molar-refractivity contribution in [3.05, 3.63) is 54.1 Å². The Balaban J connectivity index is 1.82. The SMILES string of the molecule is COc1cccc(-c2cc(NC(=O)c3nccnc3C(=O)O)n[nH]2)c1. The second kappa shape index (κ2) is 6.79. The minimum Gasteiger partial charge on any atom is -0.497 e. The van der Waals surface area contributed by atoms with Crippen molar-refractivity contribution in [3.63, 3.8) is 0 Å². The number of aromatic amines is 1. The number of hydrogen-bond acceptors (Lipinski definition) is 6. The molecule has 0 fully saturated rings. The van der Waals surface area contributed by atoms with Crippen molar-refractivity contribution < 1.29 is 19.4 Å². The van der Waals surface area contributed by atoms with Crippen LogP contribution in [0.4, 0.5) is 5.82 Å². The molecule has 3 N–H and O–H groups in total. The summed E-state index contributed by atoms with van der Waals surface area (Å²) in [4.78, 5) is 30.8. The van der Waals surface area contributed by atoms with E-state index in [0.717, 1.165) is 5.56 Å². The number of hydrogen-bond donors (Lipinski definition) is 3. The van der Waals surface area contributed by atoms with Gasteiger partial charge in [-0.3, -0.25) is 9.89 Å². The highest BCUT2D eigenvalue weighted by Crippen LogP contribution is 2.24. The summed E-state index contributed by atoms with van der Waals surface area (Å²) < 4.78 is 5.17. The van der Waals surface area contributed by atoms with E-state index >= 15 is 0 Å². The highest BCUT2D eigenvalue weighted by atomic mass is 16.5. The molecular formula is C16H13N5O4. The number of aromatic carboxylic acids is 1. The third-order valence-corrected chi connectivity index (χ3v) is 3.32. The maximum atomic E-state index is 12.2. The molecule has 0 saturated heterocycles. The van der Waals surface area contributed by atoms with Gasteiger partial charge in [0.25, 0.3) is 5.91 Å². The lowest BCUT2D eigenvalue weighted by Crippen LogP contribution is -2.19. The van der Waals surface area contributed by atoms with E-state index in [1.54, 1.807) is 13.2 Å². The van der Waals surface area contributed by atoms with Gasteiger partial charge in [-0.25, -0.2) is 14.8 Å². The lowest BCUT2D eigenvalue weighted by Gasteiger charge is -2.03. The molecule has 9 nitrogen and oxygen atoms in total. The number of nitrogens with zero attached hydrogens (tertiary/aromatic N) is 3. The maximum Gasteiger partial charge on any atom is 0.356 e. The molecule has 1 amide bonds. The normalized spacial score (nSPS) is 10.3. The van der Waals surface area contributed by atoms with Crippen LogP contribution in [-0.2, 0) is 0 Å². The van der Waals surface area contributed by atoms with Crippen molar-refractivity contribution in [3.8, 4) is 17.0 Å². The van der Waals surface area contributed by atoms with Gasteiger partial charge in [0.2, 0.25) is 0 Å². The summed E-state index contributed by atoms with van der Waals surface area (Å²) >= 11 is 0. The van der Waals surface area contributed by atoms with Crippen LogP contribution in [0.5, 0.6) is 5.75 Å². The van der Waals surface area contributed by atoms with Crippen molar-refractivity contribution in [1.82, 2.24) is 20.2 Å². The number of H-pyrrole nitrogens is 1. The Kier molecular flexibility index (Phi) is 4.38. The third kappa shape index (κ3) is 3.44. The third-order valence-electron chi connectivity index (χ3n) is 3.32. The highest BCUT2D eigenvalue weighted by Gasteiger charge is 2.20. The van der Waals surface area contributed by atoms with Crippen molar-refractivity contribution >= 4 is 17.7 Å². The fourth-order valence-corrected chi connectivity index (χ4v) is 2.16. The molecule has 1 aromatic carbocycles. The number of carbonyl (C=O) groups is 2. The zero-order chi connectivity index (χ0) is 17.8. The van der Waals surface area contributed by atoms with Crippen LogP contribution >= 0.6 is 0 Å². The Hall–Kier alpha value is -3.75. The molecule has 0 saturated carbocycles. The number of carbonyl (C=O) groups excluding carboxylic acids is 1. The molecule has 0 aliphatic carbocycles. The zero-order valence-electron chi connectivity index (χ0n) is 13.1. The second-order valence-corrected chi connectivity index (χ2v) is 4.91. The fourth-order valence-electron chi connectivity index (χ4n) is 2.16. The number of anilines is 1. The van der Waals surface area contributed by atoms with Crippen LogP contribution in [0.15, 0.2) is 42.7 Å². The Bertz CT molecular complexity index is 938. The van der Waals surface area contributed by atoms with Crippen LogP contribution in [0.25, 0.3) is 11.3 Å². The summed E-state index contributed by atoms with van der Waals surface area (Å²) in [5.41, 5.74) is 0.759. The first-order chi connectivity index (χ1) is 12.1. The van der Waals surface area contributed by atoms with Crippen LogP contribution in [0.1, 0.15) is 21.0 Å². The van der Waals surface area contributed by atoms with Gasteiger partial charge in [-0.05, 0) is 12.1 Å². The minimum absolute atomic E-state index is 0.227. The Morgan fingerprint density at radius 1 is 1.16 bits per heavy atom. The fraction of sp³-hybridized carbons (Fsp3) is 0.0625. The molecular weight excluding hydrogens is 326 g/mol. The lowest BCUT2D eigenvalue weighted by atomic mass is 10.1. The number of nitrogens with one attached hydrogen (secondary N) is 2. The molecule has 0 spiro atoms. The first-order valence-electron chi connectivity index (χ1n) is 7.14. The summed E-state index contributed by atoms with van der Waals surface area (Å²) in [6.45, 7) is 0. The quantitative estimate of drug-likeness (QED) is 0.646. The van der Waals surface area contributed by atoms with Crippen molar-refractivity contribution in [1.29, 1.82) is 0 Å². The first kappa shape index (κ1) is 16.1. The van der Waals surface area contributed by atoms with Gasteiger partial charge in [0.15, 0.2) is 17.2 Å². The molecule has 126 valence electrons. The van der Waals surface area contributed by atoms with Crippen LogP contribution in [0.2, 0.25) is 0 Å². The second-order valence-electron chi connectivity index (χ2n) is 4.91. The number of carboxylic acids is 1. The summed E-state index contributed by atoms with van der Waals surface area (Å²) in [5.74, 6) is -1.14. The van der Waals surface area contributed by atoms with E-state index in [9.17, 15) is 9.59 Å². The van der Waals surface area contributed by atoms with E-state index in [0.29, 0.717) is 11.4 Å². The van der Waals surface area contributed by atoms with E-state index in [4.69, 9.17) is 9.84 Å². The monoisotopic (exact) mass is 339 g/mol. The predicted octanol–water partition coefficient (Wildman–Crippen LogP) is 1.83. The highest BCUT2D eigenvalue weighted by molar-refractivity contribution is 6.08. The summed E-state index contributed by atoms with van der Waals surface area (Å²) in [7, 11) is 1.57. The van der Waals surface area contributed by atoms with E-state index in [2.05, 4.69) is 25.5 Å². The van der Waals surface area contributed by atoms with Gasteiger partial charge < -0.3 is 15.2 Å². The molecule has 2 aromatic heterocycles. The average Bonchev–Trinajstić information content (AvgIpc) is 3.10. The zero-order valence-corrected chi connectivity index (χ0v) is 13.1. The number of aromatic nitrogens is 4. The number of rotatable bonds is 5. The van der Waals surface area contributed by atoms with Gasteiger partial charge in [-0.15, -0.1) is 0 Å². The van der Waals surface area contributed by atoms with Crippen molar-refractivity contribution in [2.45, 2.75) is 0 Å². The summed E-state index contributed by atoms with van der Waals surface area (Å²) in [5, 5.41) is 18.4. The molecule has 9 heteroatoms. The largest absolute Gasteiger partial charge is 0.497 e. The van der Waals surface area contributed by atoms with Crippen molar-refractivity contribution in [2.75, 3.05) is 12.4 Å². The minimum atomic E-state index is -1.34. The molecule has 0 radical (unpaired) electrons. The number of methoxy groups -OCH3 is 1. The van der Waals surface area contributed by atoms with Crippen molar-refractivity contribution in [2.24, 2.45) is 0 Å². The summed E-state index contributed by atoms with van der Waals surface area (Å²) in [6, 6.07) is 8.91. The first-order valence-corrected chi connectivity index (χ1v) is 7.14. The standard InChI is InChI=1S/C16H13N5O4/c1-25-10-4-2-3-9(7-10)11-8-12(21-20-11)19-15(22)13-14(16(23)24)18-6-5-17-13/h2-8H,1H3,(H,23,24)(H2,19,20,21,22). The van der Waals surface area contributed by atoms with Gasteiger partial charge in [0.05, 0.1) is 12.8 Å². The van der Waals surface area contributed by atoms with Gasteiger partial charge in [0, 0.05) is 24.0 Å². The molecule has 25 heavy (non-hydrogen) atoms. The molecule has 0 atom stereocenters. The van der Waals surface area contributed by atoms with Crippen LogP contribution in [0, 0.1) is 0 Å². The van der Waals surface area contributed by atoms with Gasteiger partial charge in [-0.1, -0.05) is 12.1 Å². The average molecular weight is 339 g/mol. The van der Waals surface area contributed by atoms with E-state index in [1.807, 2.05) is 24.3 Å².